The van der Waals surface area contributed by atoms with E-state index in [0.717, 1.165) is 5.56 Å². The predicted octanol–water partition coefficient (Wildman–Crippen LogP) is 4.11. The van der Waals surface area contributed by atoms with E-state index in [0.29, 0.717) is 17.3 Å². The summed E-state index contributed by atoms with van der Waals surface area (Å²) in [6.45, 7) is 1.28. The summed E-state index contributed by atoms with van der Waals surface area (Å²) in [6, 6.07) is 7.48. The van der Waals surface area contributed by atoms with E-state index in [2.05, 4.69) is 5.32 Å². The number of rotatable bonds is 6. The summed E-state index contributed by atoms with van der Waals surface area (Å²) < 4.78 is 35.8. The molecule has 0 amide bonds. The van der Waals surface area contributed by atoms with Crippen LogP contribution in [-0.4, -0.2) is 24.5 Å². The van der Waals surface area contributed by atoms with Crippen LogP contribution < -0.4 is 5.32 Å². The Balaban J connectivity index is 2.25. The monoisotopic (exact) mass is 297 g/mol. The summed E-state index contributed by atoms with van der Waals surface area (Å²) in [5, 5.41) is 3.19. The predicted molar refractivity (Wildman–Crippen MR) is 71.1 cm³/mol. The molecule has 0 bridgehead atoms. The molecule has 1 nitrogen and oxygen atoms in total. The molecule has 0 aromatic heterocycles. The largest absolute Gasteiger partial charge is 0.401 e. The quantitative estimate of drug-likeness (QED) is 0.848. The van der Waals surface area contributed by atoms with Gasteiger partial charge in [-0.2, -0.15) is 24.9 Å². The zero-order chi connectivity index (χ0) is 13.6. The van der Waals surface area contributed by atoms with Crippen molar-refractivity contribution in [1.82, 2.24) is 5.32 Å². The molecule has 102 valence electrons. The van der Waals surface area contributed by atoms with Crippen LogP contribution >= 0.6 is 23.4 Å². The Kier molecular flexibility index (Phi) is 6.32. The number of hydrogen-bond acceptors (Lipinski definition) is 2. The molecular weight excluding hydrogens is 283 g/mol. The van der Waals surface area contributed by atoms with Gasteiger partial charge in [0, 0.05) is 22.6 Å². The Morgan fingerprint density at radius 2 is 2.00 bits per heavy atom. The van der Waals surface area contributed by atoms with E-state index in [1.807, 2.05) is 31.2 Å². The molecule has 0 aliphatic rings. The molecule has 0 saturated heterocycles. The van der Waals surface area contributed by atoms with Gasteiger partial charge in [-0.25, -0.2) is 0 Å². The second-order valence-corrected chi connectivity index (χ2v) is 5.79. The molecule has 0 heterocycles. The third-order valence-corrected chi connectivity index (χ3v) is 3.82. The number of alkyl halides is 3. The van der Waals surface area contributed by atoms with Crippen LogP contribution in [0.4, 0.5) is 13.2 Å². The summed E-state index contributed by atoms with van der Waals surface area (Å²) >= 11 is 7.57. The minimum absolute atomic E-state index is 0.101. The first-order valence-corrected chi connectivity index (χ1v) is 6.93. The fraction of sp³-hybridized carbons (Fsp3) is 0.500. The molecule has 0 aliphatic heterocycles. The third-order valence-electron chi connectivity index (χ3n) is 2.24. The van der Waals surface area contributed by atoms with Gasteiger partial charge in [-0.05, 0) is 11.6 Å². The van der Waals surface area contributed by atoms with Gasteiger partial charge < -0.3 is 5.32 Å². The van der Waals surface area contributed by atoms with E-state index < -0.39 is 12.7 Å². The Bertz CT molecular complexity index is 371. The maximum Gasteiger partial charge on any atom is 0.401 e. The maximum absolute atomic E-state index is 11.9. The molecular formula is C12H15ClF3NS. The first-order valence-electron chi connectivity index (χ1n) is 5.51. The van der Waals surface area contributed by atoms with Gasteiger partial charge in [-0.1, -0.05) is 36.7 Å². The summed E-state index contributed by atoms with van der Waals surface area (Å²) in [7, 11) is 0. The molecule has 6 heteroatoms. The van der Waals surface area contributed by atoms with E-state index in [4.69, 9.17) is 11.6 Å². The van der Waals surface area contributed by atoms with Crippen molar-refractivity contribution >= 4 is 23.4 Å². The van der Waals surface area contributed by atoms with Crippen molar-refractivity contribution in [1.29, 1.82) is 0 Å². The van der Waals surface area contributed by atoms with Crippen molar-refractivity contribution in [2.24, 2.45) is 0 Å². The van der Waals surface area contributed by atoms with Crippen molar-refractivity contribution in [2.75, 3.05) is 13.1 Å². The highest BCUT2D eigenvalue weighted by Crippen LogP contribution is 2.23. The molecule has 1 atom stereocenters. The summed E-state index contributed by atoms with van der Waals surface area (Å²) in [4.78, 5) is 0. The number of thioether (sulfide) groups is 1. The van der Waals surface area contributed by atoms with E-state index in [1.54, 1.807) is 11.8 Å². The van der Waals surface area contributed by atoms with Crippen LogP contribution in [0.25, 0.3) is 0 Å². The van der Waals surface area contributed by atoms with Gasteiger partial charge >= 0.3 is 6.18 Å². The van der Waals surface area contributed by atoms with Crippen LogP contribution in [0.1, 0.15) is 12.5 Å². The van der Waals surface area contributed by atoms with Crippen LogP contribution in [0, 0.1) is 0 Å². The average molecular weight is 298 g/mol. The van der Waals surface area contributed by atoms with Crippen molar-refractivity contribution in [3.05, 3.63) is 34.9 Å². The molecule has 1 aromatic carbocycles. The lowest BCUT2D eigenvalue weighted by atomic mass is 10.2. The molecule has 0 fully saturated rings. The Morgan fingerprint density at radius 1 is 1.33 bits per heavy atom. The lowest BCUT2D eigenvalue weighted by Crippen LogP contribution is -2.32. The minimum Gasteiger partial charge on any atom is -0.308 e. The second-order valence-electron chi connectivity index (χ2n) is 3.96. The lowest BCUT2D eigenvalue weighted by Gasteiger charge is -2.14. The molecule has 0 spiro atoms. The van der Waals surface area contributed by atoms with Gasteiger partial charge in [-0.3, -0.25) is 0 Å². The van der Waals surface area contributed by atoms with E-state index >= 15 is 0 Å². The molecule has 0 aliphatic carbocycles. The molecule has 1 rings (SSSR count). The lowest BCUT2D eigenvalue weighted by molar-refractivity contribution is -0.124. The number of benzene rings is 1. The normalized spacial score (nSPS) is 13.6. The van der Waals surface area contributed by atoms with Crippen LogP contribution in [0.5, 0.6) is 0 Å². The van der Waals surface area contributed by atoms with Crippen LogP contribution in [0.3, 0.4) is 0 Å². The average Bonchev–Trinajstić information content (AvgIpc) is 2.26. The van der Waals surface area contributed by atoms with Gasteiger partial charge in [0.2, 0.25) is 0 Å². The minimum atomic E-state index is -4.15. The zero-order valence-corrected chi connectivity index (χ0v) is 11.5. The second kappa shape index (κ2) is 7.26. The van der Waals surface area contributed by atoms with E-state index in [9.17, 15) is 13.2 Å². The highest BCUT2D eigenvalue weighted by atomic mass is 35.5. The fourth-order valence-electron chi connectivity index (χ4n) is 1.32. The highest BCUT2D eigenvalue weighted by molar-refractivity contribution is 7.99. The molecule has 1 N–H and O–H groups in total. The summed E-state index contributed by atoms with van der Waals surface area (Å²) in [5.41, 5.74) is 1.01. The van der Waals surface area contributed by atoms with Gasteiger partial charge in [0.15, 0.2) is 0 Å². The molecule has 1 aromatic rings. The van der Waals surface area contributed by atoms with Crippen molar-refractivity contribution < 1.29 is 13.2 Å². The van der Waals surface area contributed by atoms with Gasteiger partial charge in [-0.15, -0.1) is 0 Å². The maximum atomic E-state index is 11.9. The van der Waals surface area contributed by atoms with Crippen molar-refractivity contribution in [3.63, 3.8) is 0 Å². The summed E-state index contributed by atoms with van der Waals surface area (Å²) in [5.74, 6) is 0.703. The molecule has 0 saturated carbocycles. The molecule has 1 unspecified atom stereocenters. The topological polar surface area (TPSA) is 12.0 Å². The first-order chi connectivity index (χ1) is 8.38. The zero-order valence-electron chi connectivity index (χ0n) is 9.93. The fourth-order valence-corrected chi connectivity index (χ4v) is 2.56. The standard InChI is InChI=1S/C12H15ClF3NS/c1-9(6-17-8-12(14,15)16)18-7-10-4-2-3-5-11(10)13/h2-5,9,17H,6-8H2,1H3. The number of hydrogen-bond donors (Lipinski definition) is 1. The molecule has 0 radical (unpaired) electrons. The Hall–Kier alpha value is -0.390. The van der Waals surface area contributed by atoms with E-state index in [1.165, 1.54) is 0 Å². The van der Waals surface area contributed by atoms with Crippen molar-refractivity contribution in [3.8, 4) is 0 Å². The van der Waals surface area contributed by atoms with Crippen LogP contribution in [0.15, 0.2) is 24.3 Å². The number of nitrogens with one attached hydrogen (secondary N) is 1. The third kappa shape index (κ3) is 6.52. The van der Waals surface area contributed by atoms with E-state index in [-0.39, 0.29) is 5.25 Å². The van der Waals surface area contributed by atoms with Crippen LogP contribution in [0.2, 0.25) is 5.02 Å². The number of halogens is 4. The van der Waals surface area contributed by atoms with Crippen LogP contribution in [-0.2, 0) is 5.75 Å². The Labute approximate surface area is 114 Å². The smallest absolute Gasteiger partial charge is 0.308 e. The van der Waals surface area contributed by atoms with Gasteiger partial charge in [0.25, 0.3) is 0 Å². The Morgan fingerprint density at radius 3 is 2.61 bits per heavy atom. The van der Waals surface area contributed by atoms with Gasteiger partial charge in [0.1, 0.15) is 0 Å². The highest BCUT2D eigenvalue weighted by Gasteiger charge is 2.26. The van der Waals surface area contributed by atoms with Crippen molar-refractivity contribution in [2.45, 2.75) is 24.1 Å². The summed E-state index contributed by atoms with van der Waals surface area (Å²) in [6.07, 6.45) is -4.15. The SMILES string of the molecule is CC(CNCC(F)(F)F)SCc1ccccc1Cl. The first kappa shape index (κ1) is 15.7. The molecule has 18 heavy (non-hydrogen) atoms. The van der Waals surface area contributed by atoms with Gasteiger partial charge in [0.05, 0.1) is 6.54 Å².